The molecule has 0 atom stereocenters. The molecule has 0 aliphatic heterocycles. The first kappa shape index (κ1) is 98.2. The van der Waals surface area contributed by atoms with E-state index >= 15 is 0 Å². The third-order valence-electron chi connectivity index (χ3n) is 16.5. The highest BCUT2D eigenvalue weighted by molar-refractivity contribution is 7.90. The van der Waals surface area contributed by atoms with Crippen molar-refractivity contribution >= 4 is 61.7 Å². The van der Waals surface area contributed by atoms with Crippen molar-refractivity contribution in [1.82, 2.24) is 0 Å². The number of nitriles is 3. The molecule has 0 fully saturated rings. The summed E-state index contributed by atoms with van der Waals surface area (Å²) < 4.78 is 126. The molecule has 0 N–H and O–H groups in total. The molecule has 0 bridgehead atoms. The first-order chi connectivity index (χ1) is 51.3. The van der Waals surface area contributed by atoms with Gasteiger partial charge in [0, 0.05) is 38.5 Å². The quantitative estimate of drug-likeness (QED) is 0.0998. The minimum Gasteiger partial charge on any atom is -0.238 e. The van der Waals surface area contributed by atoms with Gasteiger partial charge < -0.3 is 0 Å². The molecule has 0 radical (unpaired) electrons. The lowest BCUT2D eigenvalue weighted by atomic mass is 9.94. The van der Waals surface area contributed by atoms with Gasteiger partial charge in [0.05, 0.1) is 59.5 Å². The van der Waals surface area contributed by atoms with Gasteiger partial charge in [-0.05, 0) is 190 Å². The van der Waals surface area contributed by atoms with Crippen LogP contribution in [0.15, 0.2) is 157 Å². The van der Waals surface area contributed by atoms with Crippen molar-refractivity contribution in [2.24, 2.45) is 0 Å². The highest BCUT2D eigenvalue weighted by Crippen LogP contribution is 2.33. The Labute approximate surface area is 663 Å². The summed E-state index contributed by atoms with van der Waals surface area (Å²) in [7, 11) is -3.31. The van der Waals surface area contributed by atoms with Gasteiger partial charge in [0.25, 0.3) is 0 Å². The third kappa shape index (κ3) is 32.0. The summed E-state index contributed by atoms with van der Waals surface area (Å²) in [5.41, 5.74) is 11.2. The maximum Gasteiger partial charge on any atom is 0.191 e. The lowest BCUT2D eigenvalue weighted by Crippen LogP contribution is -2.00. The molecule has 9 aromatic carbocycles. The molecule has 8 nitrogen and oxygen atoms in total. The van der Waals surface area contributed by atoms with E-state index in [1.54, 1.807) is 49.4 Å². The topological polar surface area (TPSA) is 119 Å². The molecule has 0 heterocycles. The SMILES string of the molecule is CC(C)c1ccc(F)cc1C#N.CC(C)c1ccc(F)cc1F.CC(C)c1ccc(S(C)(=O)=O)cc1F.CC(C)c1ccccc1F.Cc1c(Cl)ccc(C(C)C)c1C#N.Cc1c(F)ccc(C(C)C)c1C#N.[C-]#[N+]c1cc(F)c(C(C)C)c(Cl)c1.[C-]#[N+]c1ccc(C(C)C)c(Cl)c1.[C-]#[N+]c1ccc(C(C)C)c(F)c1. The number of benzene rings is 9. The van der Waals surface area contributed by atoms with Crippen LogP contribution in [0.2, 0.25) is 15.1 Å². The van der Waals surface area contributed by atoms with Crippen LogP contribution in [0.3, 0.4) is 0 Å². The van der Waals surface area contributed by atoms with Crippen molar-refractivity contribution in [2.75, 3.05) is 6.26 Å². The van der Waals surface area contributed by atoms with Crippen LogP contribution in [0.25, 0.3) is 14.5 Å². The van der Waals surface area contributed by atoms with Crippen molar-refractivity contribution in [3.05, 3.63) is 325 Å². The van der Waals surface area contributed by atoms with Gasteiger partial charge in [-0.2, -0.15) is 15.8 Å². The third-order valence-corrected chi connectivity index (χ3v) is 18.6. The molecule has 9 aromatic rings. The van der Waals surface area contributed by atoms with E-state index in [9.17, 15) is 43.5 Å². The van der Waals surface area contributed by atoms with E-state index in [-0.39, 0.29) is 75.3 Å². The highest BCUT2D eigenvalue weighted by atomic mass is 35.5. The minimum atomic E-state index is -3.31. The Morgan fingerprint density at radius 2 is 0.700 bits per heavy atom. The van der Waals surface area contributed by atoms with Crippen molar-refractivity contribution < 1.29 is 43.5 Å². The Morgan fingerprint density at radius 1 is 0.336 bits per heavy atom. The monoisotopic (exact) mass is 1580 g/mol. The van der Waals surface area contributed by atoms with Crippen LogP contribution < -0.4 is 0 Å². The number of rotatable bonds is 10. The second-order valence-corrected chi connectivity index (χ2v) is 31.2. The molecule has 9 rings (SSSR count). The summed E-state index contributed by atoms with van der Waals surface area (Å²) >= 11 is 17.7. The van der Waals surface area contributed by atoms with E-state index in [1.807, 2.05) is 146 Å². The van der Waals surface area contributed by atoms with Gasteiger partial charge in [0.2, 0.25) is 0 Å². The van der Waals surface area contributed by atoms with Crippen molar-refractivity contribution in [3.63, 3.8) is 0 Å². The molecule has 110 heavy (non-hydrogen) atoms. The fourth-order valence-corrected chi connectivity index (χ4v) is 11.8. The maximum atomic E-state index is 13.4. The largest absolute Gasteiger partial charge is 0.238 e. The van der Waals surface area contributed by atoms with Gasteiger partial charge in [-0.3, -0.25) is 0 Å². The molecule has 0 aromatic heterocycles. The summed E-state index contributed by atoms with van der Waals surface area (Å²) in [5, 5.41) is 28.2. The zero-order valence-electron chi connectivity index (χ0n) is 66.2. The first-order valence-corrected chi connectivity index (χ1v) is 38.3. The summed E-state index contributed by atoms with van der Waals surface area (Å²) in [6.45, 7) is 59.0. The molecule has 0 unspecified atom stereocenters. The van der Waals surface area contributed by atoms with E-state index in [2.05, 4.69) is 48.3 Å². The second-order valence-electron chi connectivity index (χ2n) is 27.9. The van der Waals surface area contributed by atoms with Gasteiger partial charge in [-0.15, -0.1) is 0 Å². The molecule has 0 saturated carbocycles. The van der Waals surface area contributed by atoms with E-state index in [1.165, 1.54) is 66.7 Å². The molecule has 0 spiro atoms. The van der Waals surface area contributed by atoms with Crippen LogP contribution in [0.4, 0.5) is 52.2 Å². The zero-order valence-corrected chi connectivity index (χ0v) is 69.3. The van der Waals surface area contributed by atoms with Gasteiger partial charge in [-0.25, -0.2) is 58.1 Å². The van der Waals surface area contributed by atoms with Gasteiger partial charge >= 0.3 is 0 Å². The van der Waals surface area contributed by atoms with Crippen LogP contribution in [-0.4, -0.2) is 14.7 Å². The van der Waals surface area contributed by atoms with Crippen molar-refractivity contribution in [2.45, 2.75) is 197 Å². The predicted molar refractivity (Wildman–Crippen MR) is 435 cm³/mol. The average Bonchev–Trinajstić information content (AvgIpc) is 0.839. The van der Waals surface area contributed by atoms with Gasteiger partial charge in [0.15, 0.2) is 26.9 Å². The van der Waals surface area contributed by atoms with Gasteiger partial charge in [-0.1, -0.05) is 232 Å². The van der Waals surface area contributed by atoms with E-state index in [4.69, 9.17) is 70.3 Å². The Balaban J connectivity index is 0.000000619. The summed E-state index contributed by atoms with van der Waals surface area (Å²) in [5.74, 6) is -0.911. The summed E-state index contributed by atoms with van der Waals surface area (Å²) in [6, 6.07) is 44.8. The number of halogens is 11. The summed E-state index contributed by atoms with van der Waals surface area (Å²) in [4.78, 5) is 9.58. The molecule has 0 saturated heterocycles. The van der Waals surface area contributed by atoms with Crippen LogP contribution in [-0.2, 0) is 9.84 Å². The Hall–Kier alpha value is -9.82. The molecular formula is C90H97Cl3F8N6O2S. The molecule has 0 amide bonds. The van der Waals surface area contributed by atoms with Gasteiger partial charge in [0.1, 0.15) is 46.5 Å². The highest BCUT2D eigenvalue weighted by Gasteiger charge is 2.17. The zero-order chi connectivity index (χ0) is 84.4. The number of nitrogens with zero attached hydrogens (tertiary/aromatic N) is 6. The van der Waals surface area contributed by atoms with E-state index in [0.29, 0.717) is 77.2 Å². The van der Waals surface area contributed by atoms with Crippen molar-refractivity contribution in [1.29, 1.82) is 15.8 Å². The predicted octanol–water partition coefficient (Wildman–Crippen LogP) is 29.7. The smallest absolute Gasteiger partial charge is 0.191 e. The number of hydrogen-bond acceptors (Lipinski definition) is 5. The molecular weight excluding hydrogens is 1490 g/mol. The molecule has 0 aliphatic carbocycles. The lowest BCUT2D eigenvalue weighted by Gasteiger charge is -2.10. The Kier molecular flexibility index (Phi) is 42.8. The standard InChI is InChI=1S/C11H12ClN.C11H12FN.C10H9ClFN.C10H10ClN.2C10H10FN.C10H13FO2S.C9H10F2.C9H11F/c2*1-7(2)9-4-5-11(12)8(3)10(9)6-13;1-6(2)10-8(11)4-7(13-3)5-9(10)12;2*1-7(2)9-5-4-8(12-3)6-10(9)11;1-7(2)10-4-3-9(11)5-8(10)6-12;1-7(2)9-5-4-8(6-10(9)11)14(3,12)13;1-6(2)8-4-3-7(10)5-9(8)11;1-7(2)8-5-3-4-6-9(8)10/h2*4-5,7H,1-3H3;4-6H,1-2H3;2*4-7H,1-2H3;3-5,7H,1-2H3;4-7H,1-3H3;3-6H,1-2H3;3-7H,1-2H3. The first-order valence-electron chi connectivity index (χ1n) is 35.3. The van der Waals surface area contributed by atoms with E-state index in [0.717, 1.165) is 57.3 Å². The number of hydrogen-bond donors (Lipinski definition) is 0. The lowest BCUT2D eigenvalue weighted by molar-refractivity contribution is 0.565. The normalized spacial score (nSPS) is 10.4. The maximum absolute atomic E-state index is 13.4. The molecule has 0 aliphatic rings. The van der Waals surface area contributed by atoms with Crippen LogP contribution in [0.5, 0.6) is 0 Å². The van der Waals surface area contributed by atoms with Crippen LogP contribution >= 0.6 is 34.8 Å². The average molecular weight is 1590 g/mol. The Morgan fingerprint density at radius 3 is 1.08 bits per heavy atom. The molecule has 582 valence electrons. The fourth-order valence-electron chi connectivity index (χ4n) is 10.2. The van der Waals surface area contributed by atoms with Crippen LogP contribution in [0.1, 0.15) is 256 Å². The fraction of sp³-hybridized carbons (Fsp3) is 0.333. The number of sulfone groups is 1. The molecule has 20 heteroatoms. The second kappa shape index (κ2) is 48.0. The minimum absolute atomic E-state index is 0.0272. The van der Waals surface area contributed by atoms with E-state index < -0.39 is 33.1 Å². The summed E-state index contributed by atoms with van der Waals surface area (Å²) in [6.07, 6.45) is 1.07. The Bertz CT molecular complexity index is 4750. The van der Waals surface area contributed by atoms with Crippen LogP contribution in [0, 0.1) is 114 Å². The van der Waals surface area contributed by atoms with Crippen molar-refractivity contribution in [3.8, 4) is 18.2 Å².